The fourth-order valence-corrected chi connectivity index (χ4v) is 1.89. The molecule has 1 aromatic heterocycles. The van der Waals surface area contributed by atoms with E-state index in [1.165, 1.54) is 18.5 Å². The molecule has 0 aliphatic rings. The van der Waals surface area contributed by atoms with Crippen molar-refractivity contribution >= 4 is 22.7 Å². The number of hydrogen-bond acceptors (Lipinski definition) is 4. The van der Waals surface area contributed by atoms with Crippen LogP contribution in [0.25, 0.3) is 10.9 Å². The molecule has 0 spiro atoms. The first kappa shape index (κ1) is 13.6. The number of carbonyl (C=O) groups excluding carboxylic acids is 2. The SMILES string of the molecule is CC(=O)NNC(=O)c1c(O)c2ccccc2n(C)c1=O. The molecule has 0 unspecified atom stereocenters. The van der Waals surface area contributed by atoms with Crippen molar-refractivity contribution in [2.24, 2.45) is 7.05 Å². The average Bonchev–Trinajstić information content (AvgIpc) is 2.43. The molecule has 2 rings (SSSR count). The molecule has 2 amide bonds. The predicted octanol–water partition coefficient (Wildman–Crippen LogP) is 0.0250. The Balaban J connectivity index is 2.62. The summed E-state index contributed by atoms with van der Waals surface area (Å²) in [5.74, 6) is -1.77. The van der Waals surface area contributed by atoms with E-state index in [1.54, 1.807) is 24.3 Å². The van der Waals surface area contributed by atoms with Crippen LogP contribution in [0.2, 0.25) is 0 Å². The molecule has 3 N–H and O–H groups in total. The first-order chi connectivity index (χ1) is 9.43. The van der Waals surface area contributed by atoms with E-state index in [9.17, 15) is 19.5 Å². The topological polar surface area (TPSA) is 100 Å². The van der Waals surface area contributed by atoms with Gasteiger partial charge in [0.1, 0.15) is 11.3 Å². The molecule has 0 atom stereocenters. The number of aryl methyl sites for hydroxylation is 1. The van der Waals surface area contributed by atoms with Crippen LogP contribution in [-0.2, 0) is 11.8 Å². The predicted molar refractivity (Wildman–Crippen MR) is 72.1 cm³/mol. The summed E-state index contributed by atoms with van der Waals surface area (Å²) in [6.07, 6.45) is 0. The van der Waals surface area contributed by atoms with Crippen molar-refractivity contribution in [3.63, 3.8) is 0 Å². The molecule has 7 nitrogen and oxygen atoms in total. The molecule has 1 aromatic carbocycles. The number of rotatable bonds is 1. The Morgan fingerprint density at radius 2 is 1.85 bits per heavy atom. The fraction of sp³-hybridized carbons (Fsp3) is 0.154. The van der Waals surface area contributed by atoms with Crippen LogP contribution in [0.1, 0.15) is 17.3 Å². The zero-order valence-corrected chi connectivity index (χ0v) is 10.9. The largest absolute Gasteiger partial charge is 0.506 e. The van der Waals surface area contributed by atoms with Gasteiger partial charge < -0.3 is 9.67 Å². The van der Waals surface area contributed by atoms with E-state index in [4.69, 9.17) is 0 Å². The summed E-state index contributed by atoms with van der Waals surface area (Å²) in [4.78, 5) is 34.8. The van der Waals surface area contributed by atoms with Gasteiger partial charge in [0.2, 0.25) is 5.91 Å². The van der Waals surface area contributed by atoms with E-state index in [0.717, 1.165) is 0 Å². The molecule has 1 heterocycles. The van der Waals surface area contributed by atoms with Gasteiger partial charge >= 0.3 is 0 Å². The summed E-state index contributed by atoms with van der Waals surface area (Å²) in [6, 6.07) is 6.66. The van der Waals surface area contributed by atoms with Crippen molar-refractivity contribution in [1.82, 2.24) is 15.4 Å². The second-order valence-electron chi connectivity index (χ2n) is 4.24. The third-order valence-corrected chi connectivity index (χ3v) is 2.85. The van der Waals surface area contributed by atoms with Crippen molar-refractivity contribution in [1.29, 1.82) is 0 Å². The van der Waals surface area contributed by atoms with Crippen LogP contribution in [0.5, 0.6) is 5.75 Å². The molecular formula is C13H13N3O4. The van der Waals surface area contributed by atoms with Gasteiger partial charge in [0, 0.05) is 19.4 Å². The maximum atomic E-state index is 12.1. The monoisotopic (exact) mass is 275 g/mol. The number of carbonyl (C=O) groups is 2. The van der Waals surface area contributed by atoms with Crippen LogP contribution < -0.4 is 16.4 Å². The Morgan fingerprint density at radius 1 is 1.20 bits per heavy atom. The van der Waals surface area contributed by atoms with Gasteiger partial charge in [0.05, 0.1) is 5.52 Å². The van der Waals surface area contributed by atoms with Crippen molar-refractivity contribution < 1.29 is 14.7 Å². The number of amides is 2. The Kier molecular flexibility index (Phi) is 3.43. The van der Waals surface area contributed by atoms with Crippen molar-refractivity contribution in [2.45, 2.75) is 6.92 Å². The molecule has 0 bridgehead atoms. The summed E-state index contributed by atoms with van der Waals surface area (Å²) in [7, 11) is 1.50. The van der Waals surface area contributed by atoms with Gasteiger partial charge in [-0.1, -0.05) is 12.1 Å². The number of aromatic hydroxyl groups is 1. The average molecular weight is 275 g/mol. The lowest BCUT2D eigenvalue weighted by Crippen LogP contribution is -2.43. The van der Waals surface area contributed by atoms with Crippen molar-refractivity contribution in [3.8, 4) is 5.75 Å². The zero-order valence-electron chi connectivity index (χ0n) is 10.9. The fourth-order valence-electron chi connectivity index (χ4n) is 1.89. The zero-order chi connectivity index (χ0) is 14.9. The number of hydrogen-bond donors (Lipinski definition) is 3. The van der Waals surface area contributed by atoms with Gasteiger partial charge in [0.15, 0.2) is 0 Å². The van der Waals surface area contributed by atoms with Crippen LogP contribution in [0.4, 0.5) is 0 Å². The highest BCUT2D eigenvalue weighted by Gasteiger charge is 2.20. The molecule has 0 fully saturated rings. The van der Waals surface area contributed by atoms with E-state index < -0.39 is 28.7 Å². The molecule has 0 aliphatic carbocycles. The van der Waals surface area contributed by atoms with E-state index in [2.05, 4.69) is 10.9 Å². The number of para-hydroxylation sites is 1. The number of nitrogens with one attached hydrogen (secondary N) is 2. The van der Waals surface area contributed by atoms with E-state index in [-0.39, 0.29) is 0 Å². The molecule has 0 aliphatic heterocycles. The summed E-state index contributed by atoms with van der Waals surface area (Å²) in [5.41, 5.74) is 3.57. The maximum Gasteiger partial charge on any atom is 0.279 e. The molecule has 0 saturated heterocycles. The second-order valence-corrected chi connectivity index (χ2v) is 4.24. The van der Waals surface area contributed by atoms with Crippen molar-refractivity contribution in [3.05, 3.63) is 40.2 Å². The minimum absolute atomic E-state index is 0.377. The Bertz CT molecular complexity index is 764. The normalized spacial score (nSPS) is 10.3. The highest BCUT2D eigenvalue weighted by Crippen LogP contribution is 2.25. The van der Waals surface area contributed by atoms with Gasteiger partial charge in [-0.3, -0.25) is 25.2 Å². The van der Waals surface area contributed by atoms with E-state index in [1.807, 2.05) is 0 Å². The summed E-state index contributed by atoms with van der Waals surface area (Å²) in [6.45, 7) is 1.21. The summed E-state index contributed by atoms with van der Waals surface area (Å²) in [5, 5.41) is 10.5. The lowest BCUT2D eigenvalue weighted by molar-refractivity contribution is -0.119. The summed E-state index contributed by atoms with van der Waals surface area (Å²) < 4.78 is 1.26. The Morgan fingerprint density at radius 3 is 2.50 bits per heavy atom. The van der Waals surface area contributed by atoms with Crippen LogP contribution in [0.3, 0.4) is 0 Å². The molecule has 0 radical (unpaired) electrons. The molecular weight excluding hydrogens is 262 g/mol. The number of aromatic nitrogens is 1. The van der Waals surface area contributed by atoms with Crippen LogP contribution >= 0.6 is 0 Å². The lowest BCUT2D eigenvalue weighted by Gasteiger charge is -2.11. The molecule has 104 valence electrons. The highest BCUT2D eigenvalue weighted by molar-refractivity contribution is 6.02. The number of benzene rings is 1. The molecule has 7 heteroatoms. The van der Waals surface area contributed by atoms with Gasteiger partial charge in [-0.05, 0) is 12.1 Å². The lowest BCUT2D eigenvalue weighted by atomic mass is 10.1. The highest BCUT2D eigenvalue weighted by atomic mass is 16.3. The van der Waals surface area contributed by atoms with Crippen LogP contribution in [-0.4, -0.2) is 21.5 Å². The smallest absolute Gasteiger partial charge is 0.279 e. The molecule has 20 heavy (non-hydrogen) atoms. The quantitative estimate of drug-likeness (QED) is 0.639. The first-order valence-corrected chi connectivity index (χ1v) is 5.81. The first-order valence-electron chi connectivity index (χ1n) is 5.81. The van der Waals surface area contributed by atoms with Gasteiger partial charge in [0.25, 0.3) is 11.5 Å². The van der Waals surface area contributed by atoms with Crippen LogP contribution in [0, 0.1) is 0 Å². The third-order valence-electron chi connectivity index (χ3n) is 2.85. The minimum Gasteiger partial charge on any atom is -0.506 e. The van der Waals surface area contributed by atoms with Gasteiger partial charge in [-0.15, -0.1) is 0 Å². The third kappa shape index (κ3) is 2.20. The summed E-state index contributed by atoms with van der Waals surface area (Å²) >= 11 is 0. The van der Waals surface area contributed by atoms with Crippen LogP contribution in [0.15, 0.2) is 29.1 Å². The number of hydrazine groups is 1. The second kappa shape index (κ2) is 5.04. The number of fused-ring (bicyclic) bond motifs is 1. The Hall–Kier alpha value is -2.83. The van der Waals surface area contributed by atoms with E-state index >= 15 is 0 Å². The van der Waals surface area contributed by atoms with E-state index in [0.29, 0.717) is 10.9 Å². The molecule has 2 aromatic rings. The standard InChI is InChI=1S/C13H13N3O4/c1-7(17)14-15-12(19)10-11(18)8-5-3-4-6-9(8)16(2)13(10)20/h3-6,18H,1-2H3,(H,14,17)(H,15,19). The maximum absolute atomic E-state index is 12.1. The van der Waals surface area contributed by atoms with Gasteiger partial charge in [-0.2, -0.15) is 0 Å². The Labute approximate surface area is 113 Å². The number of pyridine rings is 1. The van der Waals surface area contributed by atoms with Crippen molar-refractivity contribution in [2.75, 3.05) is 0 Å². The minimum atomic E-state index is -0.871. The van der Waals surface area contributed by atoms with Gasteiger partial charge in [-0.25, -0.2) is 0 Å². The molecule has 0 saturated carbocycles. The number of nitrogens with zero attached hydrogens (tertiary/aromatic N) is 1.